The minimum atomic E-state index is 0.732. The van der Waals surface area contributed by atoms with Gasteiger partial charge in [0.25, 0.3) is 0 Å². The van der Waals surface area contributed by atoms with Crippen LogP contribution in [0.3, 0.4) is 0 Å². The Kier molecular flexibility index (Phi) is 4.55. The van der Waals surface area contributed by atoms with Gasteiger partial charge in [-0.15, -0.1) is 0 Å². The Morgan fingerprint density at radius 3 is 2.78 bits per heavy atom. The predicted molar refractivity (Wildman–Crippen MR) is 80.9 cm³/mol. The Morgan fingerprint density at radius 2 is 2.17 bits per heavy atom. The van der Waals surface area contributed by atoms with Gasteiger partial charge in [0.05, 0.1) is 0 Å². The molecule has 0 radical (unpaired) electrons. The first-order chi connectivity index (χ1) is 8.65. The maximum atomic E-state index is 5.42. The molecule has 1 aromatic carbocycles. The van der Waals surface area contributed by atoms with Crippen molar-refractivity contribution in [3.05, 3.63) is 30.3 Å². The average molecular weight is 263 g/mol. The van der Waals surface area contributed by atoms with Crippen molar-refractivity contribution in [3.63, 3.8) is 0 Å². The van der Waals surface area contributed by atoms with Gasteiger partial charge in [-0.25, -0.2) is 0 Å². The number of benzene rings is 1. The van der Waals surface area contributed by atoms with Crippen LogP contribution in [0.15, 0.2) is 30.3 Å². The zero-order valence-electron chi connectivity index (χ0n) is 11.1. The molecule has 1 fully saturated rings. The molecule has 0 bridgehead atoms. The van der Waals surface area contributed by atoms with Crippen molar-refractivity contribution in [1.82, 2.24) is 9.80 Å². The summed E-state index contributed by atoms with van der Waals surface area (Å²) in [6, 6.07) is 10.1. The third kappa shape index (κ3) is 3.68. The minimum Gasteiger partial charge on any atom is -0.352 e. The Balaban J connectivity index is 1.82. The molecule has 1 aromatic rings. The van der Waals surface area contributed by atoms with E-state index in [2.05, 4.69) is 29.2 Å². The monoisotopic (exact) mass is 263 g/mol. The lowest BCUT2D eigenvalue weighted by Gasteiger charge is -2.24. The summed E-state index contributed by atoms with van der Waals surface area (Å²) in [5, 5.41) is 4.07. The summed E-state index contributed by atoms with van der Waals surface area (Å²) in [6.45, 7) is 3.42. The highest BCUT2D eigenvalue weighted by Crippen LogP contribution is 2.15. The summed E-state index contributed by atoms with van der Waals surface area (Å²) in [4.78, 5) is 4.53. The maximum absolute atomic E-state index is 5.42. The Hall–Kier alpha value is -1.13. The normalized spacial score (nSPS) is 19.8. The molecule has 1 N–H and O–H groups in total. The molecule has 98 valence electrons. The van der Waals surface area contributed by atoms with Crippen molar-refractivity contribution in [2.45, 2.75) is 6.42 Å². The van der Waals surface area contributed by atoms with E-state index in [4.69, 9.17) is 12.2 Å². The van der Waals surface area contributed by atoms with Crippen LogP contribution in [-0.4, -0.2) is 48.6 Å². The van der Waals surface area contributed by atoms with E-state index in [-0.39, 0.29) is 0 Å². The average Bonchev–Trinajstić information content (AvgIpc) is 2.76. The van der Waals surface area contributed by atoms with Crippen LogP contribution in [0.1, 0.15) is 6.42 Å². The van der Waals surface area contributed by atoms with Crippen molar-refractivity contribution in [3.8, 4) is 0 Å². The highest BCUT2D eigenvalue weighted by molar-refractivity contribution is 7.80. The fraction of sp³-hybridized carbons (Fsp3) is 0.500. The van der Waals surface area contributed by atoms with Crippen LogP contribution in [0.4, 0.5) is 5.69 Å². The lowest BCUT2D eigenvalue weighted by Crippen LogP contribution is -2.35. The summed E-state index contributed by atoms with van der Waals surface area (Å²) in [5.74, 6) is 0.732. The van der Waals surface area contributed by atoms with Crippen molar-refractivity contribution in [1.29, 1.82) is 0 Å². The largest absolute Gasteiger partial charge is 0.352 e. The van der Waals surface area contributed by atoms with E-state index in [0.717, 1.165) is 23.3 Å². The summed E-state index contributed by atoms with van der Waals surface area (Å²) >= 11 is 5.42. The van der Waals surface area contributed by atoms with Crippen molar-refractivity contribution in [2.75, 3.05) is 39.0 Å². The standard InChI is InChI=1S/C14H21N3S/c1-16-9-8-12(10-16)11-17(2)14(18)15-13-6-4-3-5-7-13/h3-7,12H,8-11H2,1-2H3,(H,15,18). The van der Waals surface area contributed by atoms with E-state index in [1.165, 1.54) is 19.5 Å². The van der Waals surface area contributed by atoms with Gasteiger partial charge in [-0.05, 0) is 50.3 Å². The molecule has 1 atom stereocenters. The summed E-state index contributed by atoms with van der Waals surface area (Å²) in [6.07, 6.45) is 1.27. The molecule has 1 heterocycles. The van der Waals surface area contributed by atoms with Crippen LogP contribution in [0.5, 0.6) is 0 Å². The summed E-state index contributed by atoms with van der Waals surface area (Å²) in [7, 11) is 4.25. The molecule has 0 aromatic heterocycles. The van der Waals surface area contributed by atoms with Gasteiger partial charge >= 0.3 is 0 Å². The lowest BCUT2D eigenvalue weighted by molar-refractivity contribution is 0.357. The molecular weight excluding hydrogens is 242 g/mol. The quantitative estimate of drug-likeness (QED) is 0.843. The number of para-hydroxylation sites is 1. The molecule has 0 spiro atoms. The van der Waals surface area contributed by atoms with Crippen LogP contribution < -0.4 is 5.32 Å². The SMILES string of the molecule is CN1CCC(CN(C)C(=S)Nc2ccccc2)C1. The third-order valence-corrected chi connectivity index (χ3v) is 3.81. The summed E-state index contributed by atoms with van der Waals surface area (Å²) < 4.78 is 0. The van der Waals surface area contributed by atoms with E-state index in [1.807, 2.05) is 30.3 Å². The second kappa shape index (κ2) is 6.16. The number of thiocarbonyl (C=S) groups is 1. The first-order valence-electron chi connectivity index (χ1n) is 6.41. The van der Waals surface area contributed by atoms with Crippen molar-refractivity contribution < 1.29 is 0 Å². The van der Waals surface area contributed by atoms with Crippen LogP contribution in [-0.2, 0) is 0 Å². The lowest BCUT2D eigenvalue weighted by atomic mass is 10.1. The third-order valence-electron chi connectivity index (χ3n) is 3.39. The van der Waals surface area contributed by atoms with Crippen LogP contribution >= 0.6 is 12.2 Å². The van der Waals surface area contributed by atoms with Crippen LogP contribution in [0.25, 0.3) is 0 Å². The van der Waals surface area contributed by atoms with Crippen molar-refractivity contribution >= 4 is 23.0 Å². The molecule has 0 aliphatic carbocycles. The molecule has 0 amide bonds. The van der Waals surface area contributed by atoms with E-state index >= 15 is 0 Å². The molecule has 2 rings (SSSR count). The molecule has 4 heteroatoms. The Morgan fingerprint density at radius 1 is 1.44 bits per heavy atom. The van der Waals surface area contributed by atoms with Crippen LogP contribution in [0, 0.1) is 5.92 Å². The molecule has 1 saturated heterocycles. The zero-order valence-corrected chi connectivity index (χ0v) is 11.9. The maximum Gasteiger partial charge on any atom is 0.173 e. The van der Waals surface area contributed by atoms with E-state index < -0.39 is 0 Å². The second-order valence-corrected chi connectivity index (χ2v) is 5.48. The van der Waals surface area contributed by atoms with Gasteiger partial charge in [0.1, 0.15) is 0 Å². The number of anilines is 1. The molecule has 1 unspecified atom stereocenters. The number of hydrogen-bond donors (Lipinski definition) is 1. The number of nitrogens with one attached hydrogen (secondary N) is 1. The highest BCUT2D eigenvalue weighted by Gasteiger charge is 2.21. The summed E-state index contributed by atoms with van der Waals surface area (Å²) in [5.41, 5.74) is 1.05. The second-order valence-electron chi connectivity index (χ2n) is 5.09. The van der Waals surface area contributed by atoms with Gasteiger partial charge in [-0.3, -0.25) is 0 Å². The number of hydrogen-bond acceptors (Lipinski definition) is 2. The van der Waals surface area contributed by atoms with Gasteiger partial charge < -0.3 is 15.1 Å². The fourth-order valence-electron chi connectivity index (χ4n) is 2.39. The van der Waals surface area contributed by atoms with Gasteiger partial charge in [-0.2, -0.15) is 0 Å². The zero-order chi connectivity index (χ0) is 13.0. The van der Waals surface area contributed by atoms with E-state index in [0.29, 0.717) is 0 Å². The Bertz CT molecular complexity index is 393. The minimum absolute atomic E-state index is 0.732. The van der Waals surface area contributed by atoms with Gasteiger partial charge in [0.2, 0.25) is 0 Å². The van der Waals surface area contributed by atoms with Gasteiger partial charge in [-0.1, -0.05) is 18.2 Å². The first-order valence-corrected chi connectivity index (χ1v) is 6.81. The van der Waals surface area contributed by atoms with Crippen LogP contribution in [0.2, 0.25) is 0 Å². The van der Waals surface area contributed by atoms with E-state index in [1.54, 1.807) is 0 Å². The smallest absolute Gasteiger partial charge is 0.173 e. The highest BCUT2D eigenvalue weighted by atomic mass is 32.1. The number of rotatable bonds is 3. The molecular formula is C14H21N3S. The van der Waals surface area contributed by atoms with Gasteiger partial charge in [0, 0.05) is 25.8 Å². The Labute approximate surface area is 115 Å². The number of likely N-dealkylation sites (tertiary alicyclic amines) is 1. The predicted octanol–water partition coefficient (Wildman–Crippen LogP) is 2.27. The molecule has 1 aliphatic heterocycles. The molecule has 1 aliphatic rings. The topological polar surface area (TPSA) is 18.5 Å². The molecule has 0 saturated carbocycles. The molecule has 3 nitrogen and oxygen atoms in total. The first kappa shape index (κ1) is 13.3. The number of nitrogens with zero attached hydrogens (tertiary/aromatic N) is 2. The van der Waals surface area contributed by atoms with Crippen molar-refractivity contribution in [2.24, 2.45) is 5.92 Å². The van der Waals surface area contributed by atoms with Gasteiger partial charge in [0.15, 0.2) is 5.11 Å². The van der Waals surface area contributed by atoms with E-state index in [9.17, 15) is 0 Å². The molecule has 18 heavy (non-hydrogen) atoms. The fourth-order valence-corrected chi connectivity index (χ4v) is 2.58.